The summed E-state index contributed by atoms with van der Waals surface area (Å²) < 4.78 is 43.1. The molecule has 0 saturated carbocycles. The van der Waals surface area contributed by atoms with Crippen molar-refractivity contribution in [2.24, 2.45) is 0 Å². The van der Waals surface area contributed by atoms with Crippen molar-refractivity contribution in [2.45, 2.75) is 51.2 Å². The highest BCUT2D eigenvalue weighted by Crippen LogP contribution is 2.31. The van der Waals surface area contributed by atoms with Gasteiger partial charge in [0, 0.05) is 18.2 Å². The van der Waals surface area contributed by atoms with Gasteiger partial charge in [-0.25, -0.2) is 12.8 Å². The van der Waals surface area contributed by atoms with E-state index in [4.69, 9.17) is 23.2 Å². The average molecular weight is 595 g/mol. The van der Waals surface area contributed by atoms with Crippen molar-refractivity contribution in [1.29, 1.82) is 0 Å². The number of amides is 2. The summed E-state index contributed by atoms with van der Waals surface area (Å²) in [5.41, 5.74) is 1.13. The molecule has 0 radical (unpaired) electrons. The summed E-state index contributed by atoms with van der Waals surface area (Å²) in [7, 11) is -4.27. The number of rotatable bonds is 10. The molecule has 0 aliphatic heterocycles. The summed E-state index contributed by atoms with van der Waals surface area (Å²) in [5.74, 6) is -1.73. The number of benzene rings is 3. The minimum atomic E-state index is -4.27. The van der Waals surface area contributed by atoms with E-state index >= 15 is 0 Å². The van der Waals surface area contributed by atoms with Gasteiger partial charge in [-0.3, -0.25) is 13.9 Å². The molecule has 0 aromatic heterocycles. The molecule has 0 aliphatic rings. The SMILES string of the molecule is Cc1ccc(S(=O)(=O)N(CC(=O)N(Cc2ccccc2F)[C@H](C)C(=O)NC(C)C)c2ccc(Cl)c(Cl)c2)cc1. The highest BCUT2D eigenvalue weighted by Gasteiger charge is 2.33. The second-order valence-corrected chi connectivity index (χ2v) is 12.1. The summed E-state index contributed by atoms with van der Waals surface area (Å²) in [4.78, 5) is 27.8. The molecular weight excluding hydrogens is 564 g/mol. The van der Waals surface area contributed by atoms with E-state index < -0.39 is 40.2 Å². The fraction of sp³-hybridized carbons (Fsp3) is 0.286. The molecule has 0 aliphatic carbocycles. The standard InChI is InChI=1S/C28H30Cl2FN3O4S/c1-18(2)32-28(36)20(4)33(16-21-7-5-6-8-26(21)31)27(35)17-34(22-11-14-24(29)25(30)15-22)39(37,38)23-12-9-19(3)10-13-23/h5-15,18,20H,16-17H2,1-4H3,(H,32,36)/t20-/m1/s1. The average Bonchev–Trinajstić information content (AvgIpc) is 2.87. The van der Waals surface area contributed by atoms with Crippen molar-refractivity contribution in [2.75, 3.05) is 10.8 Å². The molecule has 0 spiro atoms. The molecule has 0 fully saturated rings. The van der Waals surface area contributed by atoms with E-state index in [1.165, 1.54) is 55.5 Å². The first kappa shape index (κ1) is 30.4. The number of halogens is 3. The quantitative estimate of drug-likeness (QED) is 0.332. The number of carbonyl (C=O) groups is 2. The Bertz CT molecular complexity index is 1450. The van der Waals surface area contributed by atoms with E-state index in [2.05, 4.69) is 5.32 Å². The Morgan fingerprint density at radius 3 is 2.18 bits per heavy atom. The van der Waals surface area contributed by atoms with Crippen molar-refractivity contribution in [1.82, 2.24) is 10.2 Å². The Balaban J connectivity index is 2.07. The lowest BCUT2D eigenvalue weighted by molar-refractivity contribution is -0.139. The third-order valence-corrected chi connectivity index (χ3v) is 8.50. The van der Waals surface area contributed by atoms with E-state index in [0.29, 0.717) is 0 Å². The van der Waals surface area contributed by atoms with Crippen LogP contribution in [0, 0.1) is 12.7 Å². The zero-order valence-electron chi connectivity index (χ0n) is 22.0. The molecule has 0 unspecified atom stereocenters. The maximum Gasteiger partial charge on any atom is 0.264 e. The van der Waals surface area contributed by atoms with E-state index in [0.717, 1.165) is 14.8 Å². The number of anilines is 1. The zero-order chi connectivity index (χ0) is 28.9. The van der Waals surface area contributed by atoms with Crippen molar-refractivity contribution in [3.05, 3.63) is 93.7 Å². The van der Waals surface area contributed by atoms with Gasteiger partial charge < -0.3 is 10.2 Å². The van der Waals surface area contributed by atoms with Gasteiger partial charge in [0.1, 0.15) is 18.4 Å². The molecule has 11 heteroatoms. The second-order valence-electron chi connectivity index (χ2n) is 9.38. The monoisotopic (exact) mass is 593 g/mol. The summed E-state index contributed by atoms with van der Waals surface area (Å²) in [5, 5.41) is 3.05. The number of sulfonamides is 1. The smallest absolute Gasteiger partial charge is 0.264 e. The predicted molar refractivity (Wildman–Crippen MR) is 152 cm³/mol. The Labute approximate surface area is 238 Å². The van der Waals surface area contributed by atoms with E-state index in [1.807, 2.05) is 6.92 Å². The summed E-state index contributed by atoms with van der Waals surface area (Å²) in [6.45, 7) is 5.94. The normalized spacial score (nSPS) is 12.2. The molecule has 1 N–H and O–H groups in total. The van der Waals surface area contributed by atoms with E-state index in [-0.39, 0.29) is 38.8 Å². The lowest BCUT2D eigenvalue weighted by atomic mass is 10.1. The molecule has 0 heterocycles. The predicted octanol–water partition coefficient (Wildman–Crippen LogP) is 5.58. The van der Waals surface area contributed by atoms with Gasteiger partial charge >= 0.3 is 0 Å². The third-order valence-electron chi connectivity index (χ3n) is 5.98. The molecule has 0 bridgehead atoms. The van der Waals surface area contributed by atoms with Crippen LogP contribution in [0.1, 0.15) is 31.9 Å². The highest BCUT2D eigenvalue weighted by atomic mass is 35.5. The minimum Gasteiger partial charge on any atom is -0.352 e. The molecule has 3 aromatic carbocycles. The van der Waals surface area contributed by atoms with Crippen LogP contribution in [0.25, 0.3) is 0 Å². The molecule has 39 heavy (non-hydrogen) atoms. The second kappa shape index (κ2) is 12.8. The number of hydrogen-bond acceptors (Lipinski definition) is 4. The van der Waals surface area contributed by atoms with E-state index in [9.17, 15) is 22.4 Å². The Morgan fingerprint density at radius 2 is 1.59 bits per heavy atom. The summed E-state index contributed by atoms with van der Waals surface area (Å²) in [6.07, 6.45) is 0. The highest BCUT2D eigenvalue weighted by molar-refractivity contribution is 7.92. The molecule has 0 saturated heterocycles. The fourth-order valence-corrected chi connectivity index (χ4v) is 5.50. The van der Waals surface area contributed by atoms with Crippen LogP contribution >= 0.6 is 23.2 Å². The van der Waals surface area contributed by atoms with Crippen molar-refractivity contribution < 1.29 is 22.4 Å². The van der Waals surface area contributed by atoms with Gasteiger partial charge in [0.2, 0.25) is 11.8 Å². The maximum atomic E-state index is 14.6. The third kappa shape index (κ3) is 7.50. The summed E-state index contributed by atoms with van der Waals surface area (Å²) in [6, 6.07) is 15.0. The number of hydrogen-bond donors (Lipinski definition) is 1. The van der Waals surface area contributed by atoms with Crippen LogP contribution in [0.4, 0.5) is 10.1 Å². The van der Waals surface area contributed by atoms with Crippen LogP contribution in [0.3, 0.4) is 0 Å². The van der Waals surface area contributed by atoms with Gasteiger partial charge in [0.15, 0.2) is 0 Å². The Morgan fingerprint density at radius 1 is 0.949 bits per heavy atom. The van der Waals surface area contributed by atoms with Crippen molar-refractivity contribution in [3.8, 4) is 0 Å². The van der Waals surface area contributed by atoms with Crippen LogP contribution in [-0.4, -0.2) is 43.8 Å². The van der Waals surface area contributed by atoms with Gasteiger partial charge in [0.25, 0.3) is 10.0 Å². The maximum absolute atomic E-state index is 14.6. The van der Waals surface area contributed by atoms with Gasteiger partial charge in [-0.2, -0.15) is 0 Å². The first-order valence-electron chi connectivity index (χ1n) is 12.2. The minimum absolute atomic E-state index is 0.0433. The zero-order valence-corrected chi connectivity index (χ0v) is 24.3. The first-order chi connectivity index (χ1) is 18.3. The molecule has 3 rings (SSSR count). The molecule has 208 valence electrons. The molecule has 7 nitrogen and oxygen atoms in total. The largest absolute Gasteiger partial charge is 0.352 e. The van der Waals surface area contributed by atoms with E-state index in [1.54, 1.807) is 32.0 Å². The van der Waals surface area contributed by atoms with Gasteiger partial charge in [-0.05, 0) is 64.1 Å². The topological polar surface area (TPSA) is 86.8 Å². The number of aryl methyl sites for hydroxylation is 1. The van der Waals surface area contributed by atoms with Gasteiger partial charge in [-0.15, -0.1) is 0 Å². The van der Waals surface area contributed by atoms with Crippen LogP contribution in [-0.2, 0) is 26.2 Å². The number of nitrogens with one attached hydrogen (secondary N) is 1. The van der Waals surface area contributed by atoms with Crippen molar-refractivity contribution >= 4 is 50.7 Å². The Kier molecular flexibility index (Phi) is 9.98. The van der Waals surface area contributed by atoms with Crippen LogP contribution < -0.4 is 9.62 Å². The molecule has 1 atom stereocenters. The first-order valence-corrected chi connectivity index (χ1v) is 14.4. The molecular formula is C28H30Cl2FN3O4S. The lowest BCUT2D eigenvalue weighted by Gasteiger charge is -2.32. The van der Waals surface area contributed by atoms with Crippen LogP contribution in [0.5, 0.6) is 0 Å². The number of nitrogens with zero attached hydrogens (tertiary/aromatic N) is 2. The fourth-order valence-electron chi connectivity index (χ4n) is 3.80. The van der Waals surface area contributed by atoms with Crippen LogP contribution in [0.15, 0.2) is 71.6 Å². The van der Waals surface area contributed by atoms with Crippen LogP contribution in [0.2, 0.25) is 10.0 Å². The van der Waals surface area contributed by atoms with Gasteiger partial charge in [-0.1, -0.05) is 59.1 Å². The molecule has 3 aromatic rings. The number of carbonyl (C=O) groups excluding carboxylic acids is 2. The van der Waals surface area contributed by atoms with Gasteiger partial charge in [0.05, 0.1) is 20.6 Å². The summed E-state index contributed by atoms with van der Waals surface area (Å²) >= 11 is 12.3. The Hall–Kier alpha value is -3.14. The molecule has 2 amide bonds. The van der Waals surface area contributed by atoms with Crippen molar-refractivity contribution in [3.63, 3.8) is 0 Å². The lowest BCUT2D eigenvalue weighted by Crippen LogP contribution is -2.52.